The standard InChI is InChI=1S/C25H24N2O7/c1-26-12-11-25-17-8-10-20(33-24(28)32-16-6-4-15(5-7-16)27(29)30)23(25)34-22-19(31-2)9-3-14(21(22)25)13-18(17)26/h3-10,17-18,20,23H,11-13H2,1-2H3/t17-,18+,20-,23-,25-/m0/s1. The Kier molecular flexibility index (Phi) is 4.60. The first kappa shape index (κ1) is 21.0. The van der Waals surface area contributed by atoms with Crippen molar-refractivity contribution in [3.8, 4) is 17.2 Å². The highest BCUT2D eigenvalue weighted by atomic mass is 16.7. The van der Waals surface area contributed by atoms with Crippen LogP contribution in [0.3, 0.4) is 0 Å². The summed E-state index contributed by atoms with van der Waals surface area (Å²) in [6.45, 7) is 0.922. The Hall–Kier alpha value is -3.59. The number of hydrogen-bond donors (Lipinski definition) is 0. The summed E-state index contributed by atoms with van der Waals surface area (Å²) in [5, 5.41) is 10.8. The summed E-state index contributed by atoms with van der Waals surface area (Å²) < 4.78 is 23.2. The van der Waals surface area contributed by atoms with Gasteiger partial charge >= 0.3 is 6.16 Å². The molecule has 0 saturated carbocycles. The molecule has 1 spiro atoms. The van der Waals surface area contributed by atoms with Gasteiger partial charge in [0.1, 0.15) is 11.9 Å². The molecule has 176 valence electrons. The van der Waals surface area contributed by atoms with Crippen molar-refractivity contribution in [1.82, 2.24) is 4.90 Å². The van der Waals surface area contributed by atoms with Crippen LogP contribution in [0.25, 0.3) is 0 Å². The van der Waals surface area contributed by atoms with Crippen molar-refractivity contribution in [2.24, 2.45) is 5.92 Å². The third-order valence-electron chi connectivity index (χ3n) is 7.82. The number of methoxy groups -OCH3 is 1. The SMILES string of the molecule is COc1ccc2c3c1O[C@H]1[C@@H](OC(=O)Oc4ccc([N+](=O)[O-])cc4)C=C[C@H]4[C@@H](C2)N(C)CC[C@@]341. The number of carbonyl (C=O) groups excluding carboxylic acids is 1. The first-order valence-corrected chi connectivity index (χ1v) is 11.3. The van der Waals surface area contributed by atoms with Gasteiger partial charge in [-0.3, -0.25) is 10.1 Å². The van der Waals surface area contributed by atoms with Crippen LogP contribution < -0.4 is 14.2 Å². The summed E-state index contributed by atoms with van der Waals surface area (Å²) in [6.07, 6.45) is 3.96. The molecule has 0 radical (unpaired) electrons. The average molecular weight is 464 g/mol. The molecule has 2 aliphatic heterocycles. The number of benzene rings is 2. The average Bonchev–Trinajstić information content (AvgIpc) is 3.18. The van der Waals surface area contributed by atoms with Gasteiger partial charge in [0.15, 0.2) is 17.6 Å². The summed E-state index contributed by atoms with van der Waals surface area (Å²) in [7, 11) is 3.79. The van der Waals surface area contributed by atoms with E-state index in [0.29, 0.717) is 11.8 Å². The van der Waals surface area contributed by atoms with Crippen molar-refractivity contribution < 1.29 is 28.7 Å². The molecule has 2 bridgehead atoms. The number of non-ortho nitro benzene ring substituents is 1. The van der Waals surface area contributed by atoms with Gasteiger partial charge in [-0.05, 0) is 56.3 Å². The Labute approximate surface area is 196 Å². The van der Waals surface area contributed by atoms with Crippen LogP contribution in [0.5, 0.6) is 17.2 Å². The fraction of sp³-hybridized carbons (Fsp3) is 0.400. The number of piperidine rings is 1. The third-order valence-corrected chi connectivity index (χ3v) is 7.82. The molecule has 5 atom stereocenters. The van der Waals surface area contributed by atoms with Gasteiger partial charge in [-0.1, -0.05) is 12.1 Å². The topological polar surface area (TPSA) is 100 Å². The van der Waals surface area contributed by atoms with E-state index in [9.17, 15) is 14.9 Å². The zero-order valence-corrected chi connectivity index (χ0v) is 18.8. The largest absolute Gasteiger partial charge is 0.514 e. The van der Waals surface area contributed by atoms with Crippen molar-refractivity contribution >= 4 is 11.8 Å². The second-order valence-corrected chi connectivity index (χ2v) is 9.31. The van der Waals surface area contributed by atoms with Gasteiger partial charge in [0.05, 0.1) is 12.0 Å². The number of nitro groups is 1. The molecule has 2 aromatic carbocycles. The number of nitro benzene ring substituents is 1. The summed E-state index contributed by atoms with van der Waals surface area (Å²) >= 11 is 0. The number of rotatable bonds is 4. The van der Waals surface area contributed by atoms with E-state index < -0.39 is 23.3 Å². The highest BCUT2D eigenvalue weighted by Gasteiger charge is 2.65. The van der Waals surface area contributed by atoms with Gasteiger partial charge in [-0.15, -0.1) is 0 Å². The molecule has 0 amide bonds. The number of ether oxygens (including phenoxy) is 4. The van der Waals surface area contributed by atoms with E-state index in [1.54, 1.807) is 7.11 Å². The minimum Gasteiger partial charge on any atom is -0.493 e. The molecule has 0 N–H and O–H groups in total. The fourth-order valence-corrected chi connectivity index (χ4v) is 6.34. The molecule has 9 heteroatoms. The number of likely N-dealkylation sites (tertiary alicyclic amines) is 1. The maximum Gasteiger partial charge on any atom is 0.514 e. The van der Waals surface area contributed by atoms with Crippen molar-refractivity contribution in [3.63, 3.8) is 0 Å². The maximum atomic E-state index is 12.7. The number of hydrogen-bond acceptors (Lipinski definition) is 8. The molecule has 0 unspecified atom stereocenters. The van der Waals surface area contributed by atoms with E-state index in [1.165, 1.54) is 35.4 Å². The molecule has 1 fully saturated rings. The Balaban J connectivity index is 1.31. The number of carbonyl (C=O) groups is 1. The normalized spacial score (nSPS) is 30.2. The molecule has 6 rings (SSSR count). The van der Waals surface area contributed by atoms with Crippen LogP contribution in [0, 0.1) is 16.0 Å². The molecule has 4 aliphatic rings. The first-order chi connectivity index (χ1) is 16.4. The lowest BCUT2D eigenvalue weighted by atomic mass is 9.53. The van der Waals surface area contributed by atoms with E-state index >= 15 is 0 Å². The quantitative estimate of drug-likeness (QED) is 0.222. The lowest BCUT2D eigenvalue weighted by Gasteiger charge is -2.56. The molecule has 2 aromatic rings. The maximum absolute atomic E-state index is 12.7. The fourth-order valence-electron chi connectivity index (χ4n) is 6.34. The van der Waals surface area contributed by atoms with E-state index in [-0.39, 0.29) is 22.8 Å². The van der Waals surface area contributed by atoms with Crippen LogP contribution in [-0.4, -0.2) is 54.9 Å². The highest BCUT2D eigenvalue weighted by Crippen LogP contribution is 2.62. The second kappa shape index (κ2) is 7.46. The summed E-state index contributed by atoms with van der Waals surface area (Å²) in [5.74, 6) is 1.84. The van der Waals surface area contributed by atoms with Gasteiger partial charge in [0.25, 0.3) is 5.69 Å². The van der Waals surface area contributed by atoms with Crippen LogP contribution in [0.1, 0.15) is 17.5 Å². The lowest BCUT2D eigenvalue weighted by Crippen LogP contribution is -2.65. The van der Waals surface area contributed by atoms with Crippen molar-refractivity contribution in [2.45, 2.75) is 36.5 Å². The summed E-state index contributed by atoms with van der Waals surface area (Å²) in [4.78, 5) is 25.4. The highest BCUT2D eigenvalue weighted by molar-refractivity contribution is 5.66. The van der Waals surface area contributed by atoms with E-state index in [0.717, 1.165) is 25.1 Å². The first-order valence-electron chi connectivity index (χ1n) is 11.3. The lowest BCUT2D eigenvalue weighted by molar-refractivity contribution is -0.384. The van der Waals surface area contributed by atoms with Crippen LogP contribution in [0.2, 0.25) is 0 Å². The van der Waals surface area contributed by atoms with E-state index in [1.807, 2.05) is 12.1 Å². The van der Waals surface area contributed by atoms with Crippen LogP contribution in [-0.2, 0) is 16.6 Å². The van der Waals surface area contributed by atoms with Crippen LogP contribution >= 0.6 is 0 Å². The van der Waals surface area contributed by atoms with Gasteiger partial charge in [-0.2, -0.15) is 0 Å². The van der Waals surface area contributed by atoms with Crippen LogP contribution in [0.15, 0.2) is 48.6 Å². The molecule has 1 saturated heterocycles. The monoisotopic (exact) mass is 464 g/mol. The van der Waals surface area contributed by atoms with Gasteiger partial charge in [-0.25, -0.2) is 4.79 Å². The Morgan fingerprint density at radius 2 is 2.00 bits per heavy atom. The smallest absolute Gasteiger partial charge is 0.493 e. The van der Waals surface area contributed by atoms with Gasteiger partial charge in [0.2, 0.25) is 0 Å². The summed E-state index contributed by atoms with van der Waals surface area (Å²) in [5.41, 5.74) is 2.06. The predicted molar refractivity (Wildman–Crippen MR) is 120 cm³/mol. The predicted octanol–water partition coefficient (Wildman–Crippen LogP) is 3.63. The van der Waals surface area contributed by atoms with Crippen molar-refractivity contribution in [3.05, 3.63) is 69.8 Å². The zero-order valence-electron chi connectivity index (χ0n) is 18.8. The number of likely N-dealkylation sites (N-methyl/N-ethyl adjacent to an activating group) is 1. The Morgan fingerprint density at radius 1 is 1.21 bits per heavy atom. The Bertz CT molecular complexity index is 1210. The van der Waals surface area contributed by atoms with Crippen molar-refractivity contribution in [2.75, 3.05) is 20.7 Å². The van der Waals surface area contributed by atoms with Gasteiger partial charge < -0.3 is 23.8 Å². The number of nitrogens with zero attached hydrogens (tertiary/aromatic N) is 2. The second-order valence-electron chi connectivity index (χ2n) is 9.31. The Morgan fingerprint density at radius 3 is 2.74 bits per heavy atom. The van der Waals surface area contributed by atoms with E-state index in [4.69, 9.17) is 18.9 Å². The third kappa shape index (κ3) is 2.86. The minimum atomic E-state index is -0.884. The van der Waals surface area contributed by atoms with Gasteiger partial charge in [0, 0.05) is 35.1 Å². The molecular formula is C25H24N2O7. The molecule has 34 heavy (non-hydrogen) atoms. The van der Waals surface area contributed by atoms with Crippen LogP contribution in [0.4, 0.5) is 10.5 Å². The molecular weight excluding hydrogens is 440 g/mol. The molecule has 2 aliphatic carbocycles. The molecule has 0 aromatic heterocycles. The van der Waals surface area contributed by atoms with E-state index in [2.05, 4.69) is 24.1 Å². The summed E-state index contributed by atoms with van der Waals surface area (Å²) in [6, 6.07) is 9.71. The zero-order chi connectivity index (χ0) is 23.6. The minimum absolute atomic E-state index is 0.0861. The van der Waals surface area contributed by atoms with Crippen molar-refractivity contribution in [1.29, 1.82) is 0 Å². The molecule has 9 nitrogen and oxygen atoms in total. The molecule has 2 heterocycles.